The van der Waals surface area contributed by atoms with Gasteiger partial charge in [-0.3, -0.25) is 14.5 Å². The summed E-state index contributed by atoms with van der Waals surface area (Å²) in [5.74, 6) is -0.343. The Labute approximate surface area is 212 Å². The van der Waals surface area contributed by atoms with Crippen molar-refractivity contribution in [1.82, 2.24) is 14.8 Å². The van der Waals surface area contributed by atoms with Crippen molar-refractivity contribution in [3.63, 3.8) is 0 Å². The molecule has 0 bridgehead atoms. The van der Waals surface area contributed by atoms with E-state index in [1.165, 1.54) is 23.1 Å². The maximum absolute atomic E-state index is 13.6. The van der Waals surface area contributed by atoms with E-state index in [4.69, 9.17) is 21.4 Å². The SMILES string of the molecule is CC(=O)N(CCN1CCOCC1)CC(=O)N1N=C(c2ccc(C)c(C)c2)C[C@H]1c1ccccc1Cl. The van der Waals surface area contributed by atoms with E-state index in [0.29, 0.717) is 37.7 Å². The molecule has 4 rings (SSSR count). The zero-order valence-corrected chi connectivity index (χ0v) is 21.4. The van der Waals surface area contributed by atoms with E-state index in [2.05, 4.69) is 30.9 Å². The average molecular weight is 497 g/mol. The molecule has 2 aromatic carbocycles. The van der Waals surface area contributed by atoms with Crippen molar-refractivity contribution < 1.29 is 14.3 Å². The Hall–Kier alpha value is -2.74. The second-order valence-corrected chi connectivity index (χ2v) is 9.63. The molecule has 1 atom stereocenters. The van der Waals surface area contributed by atoms with Gasteiger partial charge in [-0.15, -0.1) is 0 Å². The van der Waals surface area contributed by atoms with Crippen LogP contribution in [0.4, 0.5) is 0 Å². The summed E-state index contributed by atoms with van der Waals surface area (Å²) in [6, 6.07) is 13.5. The second kappa shape index (κ2) is 11.3. The smallest absolute Gasteiger partial charge is 0.262 e. The third kappa shape index (κ3) is 6.10. The van der Waals surface area contributed by atoms with Gasteiger partial charge in [-0.25, -0.2) is 5.01 Å². The fourth-order valence-corrected chi connectivity index (χ4v) is 4.76. The van der Waals surface area contributed by atoms with Crippen LogP contribution in [0.5, 0.6) is 0 Å². The van der Waals surface area contributed by atoms with Crippen LogP contribution in [0.1, 0.15) is 41.6 Å². The molecule has 0 aliphatic carbocycles. The minimum Gasteiger partial charge on any atom is -0.379 e. The summed E-state index contributed by atoms with van der Waals surface area (Å²) < 4.78 is 5.40. The number of carbonyl (C=O) groups excluding carboxylic acids is 2. The molecule has 7 nitrogen and oxygen atoms in total. The van der Waals surface area contributed by atoms with Crippen LogP contribution in [-0.4, -0.2) is 78.3 Å². The molecule has 2 aromatic rings. The number of morpholine rings is 1. The molecule has 2 aliphatic rings. The van der Waals surface area contributed by atoms with E-state index in [9.17, 15) is 9.59 Å². The van der Waals surface area contributed by atoms with Gasteiger partial charge in [-0.05, 0) is 48.2 Å². The predicted octanol–water partition coefficient (Wildman–Crippen LogP) is 3.82. The number of carbonyl (C=O) groups is 2. The van der Waals surface area contributed by atoms with E-state index in [1.54, 1.807) is 4.90 Å². The molecule has 2 amide bonds. The van der Waals surface area contributed by atoms with E-state index in [1.807, 2.05) is 30.3 Å². The molecule has 2 heterocycles. The van der Waals surface area contributed by atoms with Gasteiger partial charge in [-0.2, -0.15) is 5.10 Å². The number of hydrogen-bond donors (Lipinski definition) is 0. The number of hydrazone groups is 1. The third-order valence-corrected chi connectivity index (χ3v) is 7.18. The lowest BCUT2D eigenvalue weighted by atomic mass is 9.96. The number of aryl methyl sites for hydroxylation is 2. The van der Waals surface area contributed by atoms with Gasteiger partial charge in [-0.1, -0.05) is 41.9 Å². The van der Waals surface area contributed by atoms with Crippen LogP contribution in [0.3, 0.4) is 0 Å². The van der Waals surface area contributed by atoms with Crippen molar-refractivity contribution in [2.45, 2.75) is 33.2 Å². The van der Waals surface area contributed by atoms with Crippen molar-refractivity contribution in [3.05, 3.63) is 69.7 Å². The first-order valence-electron chi connectivity index (χ1n) is 12.1. The molecular formula is C27H33ClN4O3. The zero-order valence-electron chi connectivity index (χ0n) is 20.7. The molecule has 2 aliphatic heterocycles. The molecule has 186 valence electrons. The highest BCUT2D eigenvalue weighted by Gasteiger charge is 2.35. The minimum atomic E-state index is -0.319. The van der Waals surface area contributed by atoms with Crippen LogP contribution in [0.25, 0.3) is 0 Å². The lowest BCUT2D eigenvalue weighted by Gasteiger charge is -2.30. The van der Waals surface area contributed by atoms with E-state index < -0.39 is 0 Å². The van der Waals surface area contributed by atoms with Crippen molar-refractivity contribution in [2.75, 3.05) is 45.9 Å². The third-order valence-electron chi connectivity index (χ3n) is 6.83. The summed E-state index contributed by atoms with van der Waals surface area (Å²) in [6.07, 6.45) is 0.561. The van der Waals surface area contributed by atoms with Gasteiger partial charge in [0.1, 0.15) is 6.54 Å². The Morgan fingerprint density at radius 2 is 1.86 bits per heavy atom. The van der Waals surface area contributed by atoms with Crippen molar-refractivity contribution in [3.8, 4) is 0 Å². The normalized spacial score (nSPS) is 18.5. The Balaban J connectivity index is 1.56. The Kier molecular flexibility index (Phi) is 8.21. The maximum Gasteiger partial charge on any atom is 0.262 e. The van der Waals surface area contributed by atoms with Crippen molar-refractivity contribution in [2.24, 2.45) is 5.10 Å². The molecule has 35 heavy (non-hydrogen) atoms. The monoisotopic (exact) mass is 496 g/mol. The highest BCUT2D eigenvalue weighted by molar-refractivity contribution is 6.31. The molecule has 1 fully saturated rings. The van der Waals surface area contributed by atoms with Gasteiger partial charge < -0.3 is 9.64 Å². The Bertz CT molecular complexity index is 1110. The molecule has 0 unspecified atom stereocenters. The van der Waals surface area contributed by atoms with Crippen LogP contribution >= 0.6 is 11.6 Å². The van der Waals surface area contributed by atoms with Gasteiger partial charge >= 0.3 is 0 Å². The van der Waals surface area contributed by atoms with Gasteiger partial charge in [0.05, 0.1) is 25.0 Å². The van der Waals surface area contributed by atoms with Gasteiger partial charge in [0, 0.05) is 44.5 Å². The maximum atomic E-state index is 13.6. The summed E-state index contributed by atoms with van der Waals surface area (Å²) in [5.41, 5.74) is 5.08. The first kappa shape index (κ1) is 25.4. The molecule has 0 N–H and O–H groups in total. The molecule has 1 saturated heterocycles. The van der Waals surface area contributed by atoms with Gasteiger partial charge in [0.15, 0.2) is 0 Å². The van der Waals surface area contributed by atoms with Crippen molar-refractivity contribution in [1.29, 1.82) is 0 Å². The summed E-state index contributed by atoms with van der Waals surface area (Å²) in [6.45, 7) is 9.89. The number of halogens is 1. The van der Waals surface area contributed by atoms with Gasteiger partial charge in [0.2, 0.25) is 5.91 Å². The molecule has 0 saturated carbocycles. The molecule has 8 heteroatoms. The fourth-order valence-electron chi connectivity index (χ4n) is 4.49. The largest absolute Gasteiger partial charge is 0.379 e. The lowest BCUT2D eigenvalue weighted by molar-refractivity contribution is -0.140. The lowest BCUT2D eigenvalue weighted by Crippen LogP contribution is -2.45. The zero-order chi connectivity index (χ0) is 24.9. The number of ether oxygens (including phenoxy) is 1. The van der Waals surface area contributed by atoms with E-state index in [0.717, 1.165) is 29.9 Å². The quantitative estimate of drug-likeness (QED) is 0.584. The topological polar surface area (TPSA) is 65.5 Å². The number of amides is 2. The standard InChI is InChI=1S/C27H33ClN4O3/c1-19-8-9-22(16-20(19)2)25-17-26(23-6-4-5-7-24(23)28)32(29-25)27(34)18-31(21(3)33)11-10-30-12-14-35-15-13-30/h4-9,16,26H,10-15,17-18H2,1-3H3/t26-/m0/s1. The Morgan fingerprint density at radius 1 is 1.11 bits per heavy atom. The van der Waals surface area contributed by atoms with E-state index in [-0.39, 0.29) is 24.4 Å². The number of hydrogen-bond acceptors (Lipinski definition) is 5. The Morgan fingerprint density at radius 3 is 2.54 bits per heavy atom. The minimum absolute atomic E-state index is 0.0235. The summed E-state index contributed by atoms with van der Waals surface area (Å²) in [7, 11) is 0. The molecular weight excluding hydrogens is 464 g/mol. The number of nitrogens with zero attached hydrogens (tertiary/aromatic N) is 4. The van der Waals surface area contributed by atoms with E-state index >= 15 is 0 Å². The predicted molar refractivity (Wildman–Crippen MR) is 138 cm³/mol. The van der Waals surface area contributed by atoms with Gasteiger partial charge in [0.25, 0.3) is 5.91 Å². The first-order chi connectivity index (χ1) is 16.8. The summed E-state index contributed by atoms with van der Waals surface area (Å²) in [4.78, 5) is 29.8. The highest BCUT2D eigenvalue weighted by Crippen LogP contribution is 2.36. The second-order valence-electron chi connectivity index (χ2n) is 9.22. The number of rotatable bonds is 7. The van der Waals surface area contributed by atoms with Crippen LogP contribution < -0.4 is 0 Å². The highest BCUT2D eigenvalue weighted by atomic mass is 35.5. The van der Waals surface area contributed by atoms with Crippen molar-refractivity contribution >= 4 is 29.1 Å². The summed E-state index contributed by atoms with van der Waals surface area (Å²) in [5, 5.41) is 6.89. The van der Waals surface area contributed by atoms with Crippen LogP contribution in [0.2, 0.25) is 5.02 Å². The van der Waals surface area contributed by atoms with Crippen LogP contribution in [0, 0.1) is 13.8 Å². The first-order valence-corrected chi connectivity index (χ1v) is 12.5. The molecule has 0 radical (unpaired) electrons. The number of benzene rings is 2. The molecule has 0 aromatic heterocycles. The van der Waals surface area contributed by atoms with Crippen LogP contribution in [-0.2, 0) is 14.3 Å². The summed E-state index contributed by atoms with van der Waals surface area (Å²) >= 11 is 6.54. The van der Waals surface area contributed by atoms with Crippen LogP contribution in [0.15, 0.2) is 47.6 Å². The molecule has 0 spiro atoms. The fraction of sp³-hybridized carbons (Fsp3) is 0.444. The average Bonchev–Trinajstić information content (AvgIpc) is 3.29.